The fourth-order valence-electron chi connectivity index (χ4n) is 8.34. The molecule has 0 saturated carbocycles. The highest BCUT2D eigenvalue weighted by atomic mass is 28.3. The van der Waals surface area contributed by atoms with E-state index in [0.717, 1.165) is 19.3 Å². The van der Waals surface area contributed by atoms with Gasteiger partial charge in [0.2, 0.25) is 11.4 Å². The first kappa shape index (κ1) is 32.7. The second-order valence-corrected chi connectivity index (χ2v) is 26.6. The third kappa shape index (κ3) is 5.77. The topological polar surface area (TPSA) is 7.76 Å². The van der Waals surface area contributed by atoms with Crippen LogP contribution in [0.5, 0.6) is 0 Å². The van der Waals surface area contributed by atoms with Crippen LogP contribution in [0.2, 0.25) is 39.3 Å². The van der Waals surface area contributed by atoms with Gasteiger partial charge >= 0.3 is 0 Å². The summed E-state index contributed by atoms with van der Waals surface area (Å²) in [6.45, 7) is 24.6. The fourth-order valence-corrected chi connectivity index (χ4v) is 11.6. The largest absolute Gasteiger partial charge is 0.218 e. The predicted octanol–water partition coefficient (Wildman–Crippen LogP) is 9.62. The number of pyridine rings is 2. The van der Waals surface area contributed by atoms with Crippen LogP contribution in [-0.2, 0) is 6.42 Å². The van der Waals surface area contributed by atoms with E-state index in [1.807, 2.05) is 0 Å². The number of fused-ring (bicyclic) bond motifs is 9. The van der Waals surface area contributed by atoms with Crippen LogP contribution in [0, 0.1) is 0 Å². The monoisotopic (exact) mass is 664 g/mol. The molecule has 0 aliphatic carbocycles. The highest BCUT2D eigenvalue weighted by Crippen LogP contribution is 2.44. The van der Waals surface area contributed by atoms with E-state index in [4.69, 9.17) is 6.58 Å². The smallest absolute Gasteiger partial charge is 0.194 e. The molecule has 244 valence electrons. The molecule has 4 heterocycles. The van der Waals surface area contributed by atoms with E-state index in [1.165, 1.54) is 61.2 Å². The Morgan fingerprint density at radius 1 is 0.688 bits per heavy atom. The van der Waals surface area contributed by atoms with Crippen LogP contribution >= 0.6 is 0 Å². The van der Waals surface area contributed by atoms with Crippen molar-refractivity contribution in [3.05, 3.63) is 127 Å². The zero-order valence-electron chi connectivity index (χ0n) is 30.3. The zero-order valence-corrected chi connectivity index (χ0v) is 32.3. The lowest BCUT2D eigenvalue weighted by Gasteiger charge is -2.33. The summed E-state index contributed by atoms with van der Waals surface area (Å²) in [6.07, 6.45) is 8.12. The van der Waals surface area contributed by atoms with Crippen molar-refractivity contribution in [2.45, 2.75) is 90.3 Å². The van der Waals surface area contributed by atoms with Crippen LogP contribution in [0.1, 0.15) is 61.3 Å². The minimum absolute atomic E-state index is 0.286. The molecule has 2 aliphatic rings. The van der Waals surface area contributed by atoms with Crippen molar-refractivity contribution >= 4 is 32.2 Å². The quantitative estimate of drug-likeness (QED) is 0.134. The van der Waals surface area contributed by atoms with Crippen molar-refractivity contribution in [2.75, 3.05) is 0 Å². The van der Waals surface area contributed by atoms with Gasteiger partial charge in [0.15, 0.2) is 24.1 Å². The van der Waals surface area contributed by atoms with Gasteiger partial charge in [0.25, 0.3) is 0 Å². The molecule has 2 atom stereocenters. The molecule has 2 aromatic heterocycles. The first-order valence-corrected chi connectivity index (χ1v) is 24.9. The number of aryl methyl sites for hydroxylation is 1. The maximum Gasteiger partial charge on any atom is 0.218 e. The van der Waals surface area contributed by atoms with Crippen LogP contribution in [0.4, 0.5) is 0 Å². The normalized spacial score (nSPS) is 17.6. The Labute approximate surface area is 290 Å². The molecule has 7 rings (SSSR count). The Kier molecular flexibility index (Phi) is 8.32. The molecule has 2 aliphatic heterocycles. The van der Waals surface area contributed by atoms with Crippen molar-refractivity contribution in [1.82, 2.24) is 0 Å². The van der Waals surface area contributed by atoms with E-state index in [9.17, 15) is 0 Å². The summed E-state index contributed by atoms with van der Waals surface area (Å²) in [5.41, 5.74) is 13.6. The third-order valence-electron chi connectivity index (χ3n) is 10.8. The highest BCUT2D eigenvalue weighted by Gasteiger charge is 2.44. The van der Waals surface area contributed by atoms with Crippen LogP contribution < -0.4 is 19.5 Å². The molecule has 0 N–H and O–H groups in total. The zero-order chi connectivity index (χ0) is 34.0. The van der Waals surface area contributed by atoms with Gasteiger partial charge in [-0.2, -0.15) is 9.13 Å². The first-order chi connectivity index (χ1) is 22.8. The molecule has 4 heteroatoms. The van der Waals surface area contributed by atoms with E-state index in [2.05, 4.69) is 166 Å². The molecule has 0 spiro atoms. The fraction of sp³-hybridized carbons (Fsp3) is 0.318. The summed E-state index contributed by atoms with van der Waals surface area (Å²) in [4.78, 5) is 0. The summed E-state index contributed by atoms with van der Waals surface area (Å²) in [7, 11) is -3.36. The van der Waals surface area contributed by atoms with Gasteiger partial charge in [-0.25, -0.2) is 0 Å². The predicted molar refractivity (Wildman–Crippen MR) is 210 cm³/mol. The molecule has 0 amide bonds. The van der Waals surface area contributed by atoms with Gasteiger partial charge < -0.3 is 0 Å². The van der Waals surface area contributed by atoms with Crippen LogP contribution in [0.25, 0.3) is 39.3 Å². The van der Waals surface area contributed by atoms with Crippen LogP contribution in [0.3, 0.4) is 0 Å². The maximum atomic E-state index is 4.94. The molecule has 0 saturated heterocycles. The van der Waals surface area contributed by atoms with E-state index in [-0.39, 0.29) is 6.04 Å². The number of hydrogen-bond acceptors (Lipinski definition) is 0. The summed E-state index contributed by atoms with van der Waals surface area (Å²) < 4.78 is 5.19. The van der Waals surface area contributed by atoms with Gasteiger partial charge in [0.05, 0.1) is 22.6 Å². The summed E-state index contributed by atoms with van der Waals surface area (Å²) in [5.74, 6) is 0.879. The standard InChI is InChI=1S/C44H52N2Si2/c1-30(2)38-26-42-36-22-16-15-21-35(36)37-24-23-33-19-13-14-20-34(33)41-27-39(32-17-11-10-12-18-32)44(48(7,8)9)28-45(41)31(3)25-40(37)46(42)29-43(38)47(4,5)6/h10-22,26-30,37,40H,3,23-25H2,1-2,4-9H3/q+2. The Hall–Kier alpha value is -3.87. The van der Waals surface area contributed by atoms with E-state index in [1.54, 1.807) is 5.19 Å². The number of rotatable bonds is 4. The van der Waals surface area contributed by atoms with Gasteiger partial charge in [-0.05, 0) is 65.3 Å². The lowest BCUT2D eigenvalue weighted by molar-refractivity contribution is -0.719. The second-order valence-electron chi connectivity index (χ2n) is 16.5. The molecule has 5 aromatic rings. The molecular formula is C44H52N2Si2+2. The average molecular weight is 665 g/mol. The minimum Gasteiger partial charge on any atom is -0.194 e. The molecule has 2 unspecified atom stereocenters. The minimum atomic E-state index is -1.74. The van der Waals surface area contributed by atoms with Crippen molar-refractivity contribution in [2.24, 2.45) is 0 Å². The highest BCUT2D eigenvalue weighted by molar-refractivity contribution is 6.89. The number of nitrogens with zero attached hydrogens (tertiary/aromatic N) is 2. The van der Waals surface area contributed by atoms with Gasteiger partial charge in [-0.1, -0.05) is 120 Å². The maximum absolute atomic E-state index is 4.94. The lowest BCUT2D eigenvalue weighted by atomic mass is 9.77. The van der Waals surface area contributed by atoms with Crippen molar-refractivity contribution in [3.8, 4) is 33.6 Å². The summed E-state index contributed by atoms with van der Waals surface area (Å²) in [5, 5.41) is 3.07. The molecule has 0 radical (unpaired) electrons. The number of hydrogen-bond donors (Lipinski definition) is 0. The number of allylic oxidation sites excluding steroid dienone is 1. The molecule has 48 heavy (non-hydrogen) atoms. The Morgan fingerprint density at radius 2 is 1.33 bits per heavy atom. The van der Waals surface area contributed by atoms with Crippen molar-refractivity contribution in [3.63, 3.8) is 0 Å². The third-order valence-corrected chi connectivity index (χ3v) is 14.9. The number of benzene rings is 3. The van der Waals surface area contributed by atoms with Crippen molar-refractivity contribution < 1.29 is 9.13 Å². The second kappa shape index (κ2) is 12.2. The number of aromatic nitrogens is 2. The van der Waals surface area contributed by atoms with E-state index >= 15 is 0 Å². The summed E-state index contributed by atoms with van der Waals surface area (Å²) >= 11 is 0. The van der Waals surface area contributed by atoms with E-state index < -0.39 is 16.1 Å². The SMILES string of the molecule is C=C1CC2C(CCc3ccccc3-c3cc(-c4ccccc4)c([Si](C)(C)C)c[n+]31)c1ccccc1-c1cc(C(C)C)c([Si](C)(C)C)c[n+]12. The lowest BCUT2D eigenvalue weighted by Crippen LogP contribution is -2.55. The first-order valence-electron chi connectivity index (χ1n) is 17.9. The van der Waals surface area contributed by atoms with Gasteiger partial charge in [-0.3, -0.25) is 0 Å². The van der Waals surface area contributed by atoms with Gasteiger partial charge in [0, 0.05) is 39.6 Å². The van der Waals surface area contributed by atoms with Crippen molar-refractivity contribution in [1.29, 1.82) is 0 Å². The summed E-state index contributed by atoms with van der Waals surface area (Å²) in [6, 6.07) is 34.7. The molecule has 0 bridgehead atoms. The van der Waals surface area contributed by atoms with Crippen LogP contribution in [0.15, 0.2) is 110 Å². The molecular weight excluding hydrogens is 613 g/mol. The average Bonchev–Trinajstić information content (AvgIpc) is 3.06. The Balaban J connectivity index is 1.49. The Morgan fingerprint density at radius 3 is 2.02 bits per heavy atom. The molecule has 3 aromatic carbocycles. The molecule has 2 nitrogen and oxygen atoms in total. The van der Waals surface area contributed by atoms with Gasteiger partial charge in [0.1, 0.15) is 0 Å². The van der Waals surface area contributed by atoms with E-state index in [0.29, 0.717) is 11.8 Å². The molecule has 0 fully saturated rings. The Bertz CT molecular complexity index is 2030. The van der Waals surface area contributed by atoms with Crippen LogP contribution in [-0.4, -0.2) is 16.1 Å². The van der Waals surface area contributed by atoms with Gasteiger partial charge in [-0.15, -0.1) is 0 Å².